The van der Waals surface area contributed by atoms with Crippen LogP contribution < -0.4 is 16.4 Å². The molecule has 0 fully saturated rings. The first-order valence-corrected chi connectivity index (χ1v) is 13.4. The molecule has 0 saturated carbocycles. The Balaban J connectivity index is 1.24. The van der Waals surface area contributed by atoms with Crippen LogP contribution in [0.1, 0.15) is 36.9 Å². The summed E-state index contributed by atoms with van der Waals surface area (Å²) in [5.74, 6) is 1.49. The number of hydrogen-bond acceptors (Lipinski definition) is 7. The summed E-state index contributed by atoms with van der Waals surface area (Å²) in [6.45, 7) is 6.72. The standard InChI is InChI=1S/C29H38N8/c1-3-26(9-12-31-2)37-15-11-23-17-34-28(35-29(23)37)22-8-13-32-27(16-22)33-18-25(30)20-36-14-10-21-6-4-5-7-24(21)19-36/h4-8,11,13,15-17,25-26,31H,3,9-10,12,14,18-20,30H2,1-2H3,(H,32,33). The summed E-state index contributed by atoms with van der Waals surface area (Å²) in [6.07, 6.45) is 9.05. The number of hydrogen-bond donors (Lipinski definition) is 3. The van der Waals surface area contributed by atoms with E-state index in [0.717, 1.165) is 67.9 Å². The summed E-state index contributed by atoms with van der Waals surface area (Å²) < 4.78 is 2.29. The van der Waals surface area contributed by atoms with Gasteiger partial charge in [-0.25, -0.2) is 15.0 Å². The first kappa shape index (κ1) is 25.3. The average molecular weight is 499 g/mol. The van der Waals surface area contributed by atoms with Crippen molar-refractivity contribution in [1.82, 2.24) is 29.7 Å². The van der Waals surface area contributed by atoms with E-state index in [4.69, 9.17) is 10.7 Å². The molecular formula is C29H38N8. The van der Waals surface area contributed by atoms with Crippen molar-refractivity contribution in [3.05, 3.63) is 72.2 Å². The first-order chi connectivity index (χ1) is 18.1. The molecule has 4 heterocycles. The fourth-order valence-corrected chi connectivity index (χ4v) is 5.23. The lowest BCUT2D eigenvalue weighted by molar-refractivity contribution is 0.241. The van der Waals surface area contributed by atoms with Crippen molar-refractivity contribution in [2.45, 2.75) is 44.8 Å². The van der Waals surface area contributed by atoms with Gasteiger partial charge in [0.1, 0.15) is 11.5 Å². The number of nitrogens with zero attached hydrogens (tertiary/aromatic N) is 5. The number of nitrogens with two attached hydrogens (primary N) is 1. The molecule has 1 aliphatic heterocycles. The zero-order chi connectivity index (χ0) is 25.6. The highest BCUT2D eigenvalue weighted by Crippen LogP contribution is 2.25. The van der Waals surface area contributed by atoms with E-state index in [1.54, 1.807) is 6.20 Å². The number of aromatic nitrogens is 4. The van der Waals surface area contributed by atoms with Crippen LogP contribution in [0.4, 0.5) is 5.82 Å². The predicted molar refractivity (Wildman–Crippen MR) is 151 cm³/mol. The molecule has 5 rings (SSSR count). The zero-order valence-corrected chi connectivity index (χ0v) is 21.9. The minimum atomic E-state index is 0.00943. The van der Waals surface area contributed by atoms with E-state index in [2.05, 4.69) is 73.5 Å². The number of anilines is 1. The van der Waals surface area contributed by atoms with Crippen molar-refractivity contribution in [3.8, 4) is 11.4 Å². The van der Waals surface area contributed by atoms with Gasteiger partial charge in [-0.05, 0) is 62.2 Å². The molecule has 2 unspecified atom stereocenters. The number of fused-ring (bicyclic) bond motifs is 2. The second kappa shape index (κ2) is 11.8. The molecule has 0 bridgehead atoms. The average Bonchev–Trinajstić information content (AvgIpc) is 3.36. The third-order valence-corrected chi connectivity index (χ3v) is 7.31. The summed E-state index contributed by atoms with van der Waals surface area (Å²) in [5.41, 5.74) is 11.3. The number of rotatable bonds is 11. The largest absolute Gasteiger partial charge is 0.368 e. The molecule has 4 aromatic rings. The molecular weight excluding hydrogens is 460 g/mol. The van der Waals surface area contributed by atoms with Crippen molar-refractivity contribution < 1.29 is 0 Å². The summed E-state index contributed by atoms with van der Waals surface area (Å²) in [5, 5.41) is 7.75. The highest BCUT2D eigenvalue weighted by molar-refractivity contribution is 5.77. The summed E-state index contributed by atoms with van der Waals surface area (Å²) >= 11 is 0. The van der Waals surface area contributed by atoms with Crippen LogP contribution in [-0.4, -0.2) is 63.7 Å². The van der Waals surface area contributed by atoms with Gasteiger partial charge in [-0.3, -0.25) is 4.90 Å². The maximum absolute atomic E-state index is 6.50. The van der Waals surface area contributed by atoms with Crippen molar-refractivity contribution in [2.75, 3.05) is 38.5 Å². The Bertz CT molecular complexity index is 1320. The minimum absolute atomic E-state index is 0.00943. The van der Waals surface area contributed by atoms with Gasteiger partial charge in [0.05, 0.1) is 0 Å². The van der Waals surface area contributed by atoms with Gasteiger partial charge in [0, 0.05) is 67.8 Å². The summed E-state index contributed by atoms with van der Waals surface area (Å²) in [4.78, 5) is 16.6. The van der Waals surface area contributed by atoms with E-state index in [1.807, 2.05) is 25.4 Å². The third kappa shape index (κ3) is 5.98. The lowest BCUT2D eigenvalue weighted by atomic mass is 9.99. The van der Waals surface area contributed by atoms with Gasteiger partial charge < -0.3 is 20.9 Å². The molecule has 37 heavy (non-hydrogen) atoms. The van der Waals surface area contributed by atoms with Crippen LogP contribution in [0.15, 0.2) is 61.1 Å². The third-order valence-electron chi connectivity index (χ3n) is 7.31. The molecule has 2 atom stereocenters. The molecule has 3 aromatic heterocycles. The van der Waals surface area contributed by atoms with Crippen LogP contribution in [0.5, 0.6) is 0 Å². The highest BCUT2D eigenvalue weighted by atomic mass is 15.1. The monoisotopic (exact) mass is 498 g/mol. The van der Waals surface area contributed by atoms with Gasteiger partial charge in [-0.1, -0.05) is 31.2 Å². The van der Waals surface area contributed by atoms with E-state index in [-0.39, 0.29) is 6.04 Å². The number of benzene rings is 1. The Morgan fingerprint density at radius 3 is 2.81 bits per heavy atom. The predicted octanol–water partition coefficient (Wildman–Crippen LogP) is 3.85. The molecule has 0 amide bonds. The van der Waals surface area contributed by atoms with Crippen molar-refractivity contribution in [2.24, 2.45) is 5.73 Å². The lowest BCUT2D eigenvalue weighted by Crippen LogP contribution is -2.43. The van der Waals surface area contributed by atoms with E-state index in [0.29, 0.717) is 18.4 Å². The number of nitrogens with one attached hydrogen (secondary N) is 2. The molecule has 194 valence electrons. The van der Waals surface area contributed by atoms with Crippen LogP contribution in [-0.2, 0) is 13.0 Å². The fourth-order valence-electron chi connectivity index (χ4n) is 5.23. The molecule has 8 nitrogen and oxygen atoms in total. The van der Waals surface area contributed by atoms with E-state index < -0.39 is 0 Å². The molecule has 0 saturated heterocycles. The smallest absolute Gasteiger partial charge is 0.161 e. The Labute approximate surface area is 219 Å². The van der Waals surface area contributed by atoms with Gasteiger partial charge in [0.2, 0.25) is 0 Å². The second-order valence-corrected chi connectivity index (χ2v) is 9.97. The molecule has 4 N–H and O–H groups in total. The van der Waals surface area contributed by atoms with Gasteiger partial charge in [-0.2, -0.15) is 0 Å². The maximum Gasteiger partial charge on any atom is 0.161 e. The van der Waals surface area contributed by atoms with Crippen LogP contribution in [0, 0.1) is 0 Å². The van der Waals surface area contributed by atoms with E-state index in [1.165, 1.54) is 11.1 Å². The molecule has 0 radical (unpaired) electrons. The van der Waals surface area contributed by atoms with Gasteiger partial charge in [0.15, 0.2) is 5.82 Å². The van der Waals surface area contributed by atoms with Crippen LogP contribution in [0.25, 0.3) is 22.4 Å². The Morgan fingerprint density at radius 2 is 1.97 bits per heavy atom. The number of pyridine rings is 1. The SMILES string of the molecule is CCC(CCNC)n1ccc2cnc(-c3ccnc(NCC(N)CN4CCc5ccccc5C4)c3)nc21. The lowest BCUT2D eigenvalue weighted by Gasteiger charge is -2.30. The Kier molecular flexibility index (Phi) is 8.08. The first-order valence-electron chi connectivity index (χ1n) is 13.4. The summed E-state index contributed by atoms with van der Waals surface area (Å²) in [7, 11) is 2.00. The van der Waals surface area contributed by atoms with Crippen LogP contribution >= 0.6 is 0 Å². The van der Waals surface area contributed by atoms with Gasteiger partial charge in [-0.15, -0.1) is 0 Å². The molecule has 0 spiro atoms. The topological polar surface area (TPSA) is 96.9 Å². The van der Waals surface area contributed by atoms with Crippen molar-refractivity contribution in [1.29, 1.82) is 0 Å². The Hall–Kier alpha value is -3.33. The molecule has 0 aliphatic carbocycles. The minimum Gasteiger partial charge on any atom is -0.368 e. The normalized spacial score (nSPS) is 15.4. The van der Waals surface area contributed by atoms with Gasteiger partial charge in [0.25, 0.3) is 0 Å². The van der Waals surface area contributed by atoms with Crippen LogP contribution in [0.2, 0.25) is 0 Å². The van der Waals surface area contributed by atoms with Crippen molar-refractivity contribution >= 4 is 16.9 Å². The molecule has 8 heteroatoms. The molecule has 1 aromatic carbocycles. The maximum atomic E-state index is 6.50. The Morgan fingerprint density at radius 1 is 1.11 bits per heavy atom. The van der Waals surface area contributed by atoms with Gasteiger partial charge >= 0.3 is 0 Å². The fraction of sp³-hybridized carbons (Fsp3) is 0.414. The molecule has 1 aliphatic rings. The second-order valence-electron chi connectivity index (χ2n) is 9.97. The van der Waals surface area contributed by atoms with E-state index in [9.17, 15) is 0 Å². The highest BCUT2D eigenvalue weighted by Gasteiger charge is 2.18. The van der Waals surface area contributed by atoms with Crippen LogP contribution in [0.3, 0.4) is 0 Å². The summed E-state index contributed by atoms with van der Waals surface area (Å²) in [6, 6.07) is 15.2. The quantitative estimate of drug-likeness (QED) is 0.289. The zero-order valence-electron chi connectivity index (χ0n) is 21.9. The van der Waals surface area contributed by atoms with E-state index >= 15 is 0 Å². The van der Waals surface area contributed by atoms with Crippen molar-refractivity contribution in [3.63, 3.8) is 0 Å².